The molecule has 0 amide bonds. The first-order valence-corrected chi connectivity index (χ1v) is 6.08. The Labute approximate surface area is 101 Å². The van der Waals surface area contributed by atoms with Crippen LogP contribution in [-0.4, -0.2) is 30.3 Å². The topological polar surface area (TPSA) is 20.3 Å². The second-order valence-electron chi connectivity index (χ2n) is 5.05. The van der Waals surface area contributed by atoms with E-state index >= 15 is 0 Å². The van der Waals surface area contributed by atoms with Gasteiger partial charge in [0.2, 0.25) is 0 Å². The van der Waals surface area contributed by atoms with Crippen LogP contribution in [0.2, 0.25) is 0 Å². The van der Waals surface area contributed by atoms with Crippen molar-refractivity contribution >= 4 is 5.78 Å². The fourth-order valence-electron chi connectivity index (χ4n) is 2.35. The van der Waals surface area contributed by atoms with E-state index in [2.05, 4.69) is 18.7 Å². The van der Waals surface area contributed by atoms with Gasteiger partial charge in [-0.3, -0.25) is 9.69 Å². The number of carbonyl (C=O) groups excluding carboxylic acids is 1. The molecule has 0 aliphatic carbocycles. The molecule has 2 nitrogen and oxygen atoms in total. The highest BCUT2D eigenvalue weighted by Crippen LogP contribution is 2.22. The maximum atomic E-state index is 13.4. The van der Waals surface area contributed by atoms with Crippen molar-refractivity contribution < 1.29 is 9.18 Å². The summed E-state index contributed by atoms with van der Waals surface area (Å²) in [6.45, 7) is 6.58. The van der Waals surface area contributed by atoms with E-state index in [0.29, 0.717) is 18.4 Å². The van der Waals surface area contributed by atoms with Gasteiger partial charge in [-0.2, -0.15) is 0 Å². The Balaban J connectivity index is 2.01. The number of carbonyl (C=O) groups is 1. The molecule has 1 aliphatic heterocycles. The first kappa shape index (κ1) is 12.2. The zero-order valence-corrected chi connectivity index (χ0v) is 10.3. The average molecular weight is 235 g/mol. The SMILES string of the molecule is CC1CN(CC(=O)c2ccccc2F)CC1C. The predicted octanol–water partition coefficient (Wildman–Crippen LogP) is 2.60. The summed E-state index contributed by atoms with van der Waals surface area (Å²) in [7, 11) is 0. The molecule has 1 aliphatic rings. The average Bonchev–Trinajstić information content (AvgIpc) is 2.58. The third-order valence-corrected chi connectivity index (χ3v) is 3.61. The fourth-order valence-corrected chi connectivity index (χ4v) is 2.35. The molecular formula is C14H18FNO. The third kappa shape index (κ3) is 2.72. The number of ketones is 1. The van der Waals surface area contributed by atoms with Gasteiger partial charge in [-0.05, 0) is 24.0 Å². The maximum Gasteiger partial charge on any atom is 0.179 e. The largest absolute Gasteiger partial charge is 0.295 e. The van der Waals surface area contributed by atoms with Crippen LogP contribution >= 0.6 is 0 Å². The van der Waals surface area contributed by atoms with Crippen LogP contribution in [0.25, 0.3) is 0 Å². The fraction of sp³-hybridized carbons (Fsp3) is 0.500. The molecule has 2 atom stereocenters. The van der Waals surface area contributed by atoms with Gasteiger partial charge in [0.15, 0.2) is 5.78 Å². The lowest BCUT2D eigenvalue weighted by atomic mass is 10.0. The maximum absolute atomic E-state index is 13.4. The summed E-state index contributed by atoms with van der Waals surface area (Å²) in [5.41, 5.74) is 0.208. The quantitative estimate of drug-likeness (QED) is 0.751. The van der Waals surface area contributed by atoms with Crippen molar-refractivity contribution in [3.63, 3.8) is 0 Å². The van der Waals surface area contributed by atoms with Crippen molar-refractivity contribution in [3.8, 4) is 0 Å². The lowest BCUT2D eigenvalue weighted by Gasteiger charge is -2.14. The molecule has 0 N–H and O–H groups in total. The molecular weight excluding hydrogens is 217 g/mol. The number of halogens is 1. The molecule has 0 spiro atoms. The Bertz CT molecular complexity index is 408. The van der Waals surface area contributed by atoms with Gasteiger partial charge >= 0.3 is 0 Å². The summed E-state index contributed by atoms with van der Waals surface area (Å²) in [4.78, 5) is 14.1. The summed E-state index contributed by atoms with van der Waals surface area (Å²) in [5, 5.41) is 0. The van der Waals surface area contributed by atoms with E-state index in [1.165, 1.54) is 6.07 Å². The van der Waals surface area contributed by atoms with Crippen molar-refractivity contribution in [2.45, 2.75) is 13.8 Å². The molecule has 92 valence electrons. The Kier molecular flexibility index (Phi) is 3.57. The highest BCUT2D eigenvalue weighted by Gasteiger charge is 2.27. The Morgan fingerprint density at radius 3 is 2.47 bits per heavy atom. The standard InChI is InChI=1S/C14H18FNO/c1-10-7-16(8-11(10)2)9-14(17)12-5-3-4-6-13(12)15/h3-6,10-11H,7-9H2,1-2H3. The molecule has 1 saturated heterocycles. The monoisotopic (exact) mass is 235 g/mol. The van der Waals surface area contributed by atoms with E-state index in [9.17, 15) is 9.18 Å². The minimum absolute atomic E-state index is 0.121. The van der Waals surface area contributed by atoms with Crippen LogP contribution in [0, 0.1) is 17.7 Å². The van der Waals surface area contributed by atoms with Gasteiger partial charge in [0, 0.05) is 13.1 Å². The number of nitrogens with zero attached hydrogens (tertiary/aromatic N) is 1. The van der Waals surface area contributed by atoms with Crippen LogP contribution in [0.1, 0.15) is 24.2 Å². The molecule has 2 unspecified atom stereocenters. The zero-order valence-electron chi connectivity index (χ0n) is 10.3. The minimum Gasteiger partial charge on any atom is -0.295 e. The molecule has 1 heterocycles. The molecule has 0 aromatic heterocycles. The first-order valence-electron chi connectivity index (χ1n) is 6.08. The van der Waals surface area contributed by atoms with Crippen molar-refractivity contribution in [3.05, 3.63) is 35.6 Å². The van der Waals surface area contributed by atoms with E-state index in [4.69, 9.17) is 0 Å². The number of Topliss-reactive ketones (excluding diaryl/α,β-unsaturated/α-hetero) is 1. The summed E-state index contributed by atoms with van der Waals surface area (Å²) in [6.07, 6.45) is 0. The molecule has 3 heteroatoms. The number of rotatable bonds is 3. The molecule has 1 aromatic rings. The van der Waals surface area contributed by atoms with Crippen LogP contribution < -0.4 is 0 Å². The van der Waals surface area contributed by atoms with Crippen LogP contribution in [0.15, 0.2) is 24.3 Å². The normalized spacial score (nSPS) is 25.1. The summed E-state index contributed by atoms with van der Waals surface area (Å²) >= 11 is 0. The molecule has 1 aromatic carbocycles. The summed E-state index contributed by atoms with van der Waals surface area (Å²) in [6, 6.07) is 6.20. The second kappa shape index (κ2) is 4.96. The number of hydrogen-bond donors (Lipinski definition) is 0. The predicted molar refractivity (Wildman–Crippen MR) is 65.5 cm³/mol. The van der Waals surface area contributed by atoms with E-state index < -0.39 is 5.82 Å². The Morgan fingerprint density at radius 2 is 1.88 bits per heavy atom. The van der Waals surface area contributed by atoms with Gasteiger partial charge in [-0.1, -0.05) is 26.0 Å². The van der Waals surface area contributed by atoms with Crippen LogP contribution in [0.3, 0.4) is 0 Å². The van der Waals surface area contributed by atoms with E-state index in [-0.39, 0.29) is 11.3 Å². The minimum atomic E-state index is -0.419. The van der Waals surface area contributed by atoms with E-state index in [1.807, 2.05) is 0 Å². The van der Waals surface area contributed by atoms with Gasteiger partial charge in [0.05, 0.1) is 12.1 Å². The summed E-state index contributed by atoms with van der Waals surface area (Å²) in [5.74, 6) is 0.689. The summed E-state index contributed by atoms with van der Waals surface area (Å²) < 4.78 is 13.4. The van der Waals surface area contributed by atoms with Crippen LogP contribution in [0.5, 0.6) is 0 Å². The number of hydrogen-bond acceptors (Lipinski definition) is 2. The van der Waals surface area contributed by atoms with E-state index in [0.717, 1.165) is 13.1 Å². The lowest BCUT2D eigenvalue weighted by Crippen LogP contribution is -2.28. The first-order chi connectivity index (χ1) is 8.08. The van der Waals surface area contributed by atoms with Crippen molar-refractivity contribution in [2.75, 3.05) is 19.6 Å². The zero-order chi connectivity index (χ0) is 12.4. The third-order valence-electron chi connectivity index (χ3n) is 3.61. The second-order valence-corrected chi connectivity index (χ2v) is 5.05. The Morgan fingerprint density at radius 1 is 1.29 bits per heavy atom. The highest BCUT2D eigenvalue weighted by atomic mass is 19.1. The van der Waals surface area contributed by atoms with Gasteiger partial charge in [0.1, 0.15) is 5.82 Å². The molecule has 2 rings (SSSR count). The van der Waals surface area contributed by atoms with Gasteiger partial charge in [-0.15, -0.1) is 0 Å². The van der Waals surface area contributed by atoms with E-state index in [1.54, 1.807) is 18.2 Å². The van der Waals surface area contributed by atoms with Gasteiger partial charge in [-0.25, -0.2) is 4.39 Å². The molecule has 0 radical (unpaired) electrons. The number of likely N-dealkylation sites (tertiary alicyclic amines) is 1. The van der Waals surface area contributed by atoms with Crippen LogP contribution in [-0.2, 0) is 0 Å². The Hall–Kier alpha value is -1.22. The van der Waals surface area contributed by atoms with Gasteiger partial charge < -0.3 is 0 Å². The smallest absolute Gasteiger partial charge is 0.179 e. The highest BCUT2D eigenvalue weighted by molar-refractivity contribution is 5.97. The molecule has 0 bridgehead atoms. The lowest BCUT2D eigenvalue weighted by molar-refractivity contribution is 0.0938. The van der Waals surface area contributed by atoms with Crippen molar-refractivity contribution in [1.82, 2.24) is 4.90 Å². The van der Waals surface area contributed by atoms with Gasteiger partial charge in [0.25, 0.3) is 0 Å². The van der Waals surface area contributed by atoms with Crippen LogP contribution in [0.4, 0.5) is 4.39 Å². The molecule has 17 heavy (non-hydrogen) atoms. The van der Waals surface area contributed by atoms with Crippen molar-refractivity contribution in [2.24, 2.45) is 11.8 Å². The molecule has 0 saturated carbocycles. The molecule has 1 fully saturated rings. The number of benzene rings is 1. The van der Waals surface area contributed by atoms with Crippen molar-refractivity contribution in [1.29, 1.82) is 0 Å².